The lowest BCUT2D eigenvalue weighted by atomic mass is 9.93. The molecule has 0 saturated heterocycles. The lowest BCUT2D eigenvalue weighted by Crippen LogP contribution is -2.39. The molecule has 6 nitrogen and oxygen atoms in total. The Morgan fingerprint density at radius 3 is 2.71 bits per heavy atom. The van der Waals surface area contributed by atoms with Gasteiger partial charge in [-0.05, 0) is 56.7 Å². The van der Waals surface area contributed by atoms with Gasteiger partial charge >= 0.3 is 0 Å². The van der Waals surface area contributed by atoms with Crippen LogP contribution in [0.4, 0.5) is 4.39 Å². The third-order valence-electron chi connectivity index (χ3n) is 5.03. The van der Waals surface area contributed by atoms with E-state index in [9.17, 15) is 9.18 Å². The van der Waals surface area contributed by atoms with Crippen molar-refractivity contribution in [1.82, 2.24) is 15.3 Å². The highest BCUT2D eigenvalue weighted by Gasteiger charge is 2.30. The van der Waals surface area contributed by atoms with Gasteiger partial charge < -0.3 is 16.0 Å². The Morgan fingerprint density at radius 2 is 2.04 bits per heavy atom. The molecule has 0 aliphatic carbocycles. The summed E-state index contributed by atoms with van der Waals surface area (Å²) >= 11 is 0. The third kappa shape index (κ3) is 2.85. The molecule has 0 radical (unpaired) electrons. The number of aryl methyl sites for hydroxylation is 1. The van der Waals surface area contributed by atoms with Gasteiger partial charge in [-0.25, -0.2) is 4.98 Å². The molecular formula is C21H20FN5O. The molecule has 0 saturated carbocycles. The summed E-state index contributed by atoms with van der Waals surface area (Å²) in [6, 6.07) is 9.25. The summed E-state index contributed by atoms with van der Waals surface area (Å²) in [4.78, 5) is 23.3. The highest BCUT2D eigenvalue weighted by Crippen LogP contribution is 2.32. The van der Waals surface area contributed by atoms with Gasteiger partial charge in [0.15, 0.2) is 0 Å². The Morgan fingerprint density at radius 1 is 1.25 bits per heavy atom. The largest absolute Gasteiger partial charge is 0.366 e. The van der Waals surface area contributed by atoms with E-state index < -0.39 is 17.4 Å². The zero-order valence-electron chi connectivity index (χ0n) is 15.8. The molecule has 3 heterocycles. The average Bonchev–Trinajstić information content (AvgIpc) is 2.97. The first kappa shape index (κ1) is 17.9. The number of rotatable bonds is 3. The molecule has 0 atom stereocenters. The molecule has 4 rings (SSSR count). The van der Waals surface area contributed by atoms with Gasteiger partial charge in [0.2, 0.25) is 11.9 Å². The predicted octanol–water partition coefficient (Wildman–Crippen LogP) is 3.18. The molecule has 0 spiro atoms. The molecule has 28 heavy (non-hydrogen) atoms. The van der Waals surface area contributed by atoms with Crippen molar-refractivity contribution in [3.8, 4) is 11.3 Å². The number of H-pyrrole nitrogens is 1. The Labute approximate surface area is 161 Å². The minimum Gasteiger partial charge on any atom is -0.366 e. The maximum atomic E-state index is 14.1. The minimum absolute atomic E-state index is 0.421. The van der Waals surface area contributed by atoms with Crippen molar-refractivity contribution in [2.75, 3.05) is 0 Å². The predicted molar refractivity (Wildman–Crippen MR) is 107 cm³/mol. The molecule has 1 amide bonds. The number of primary amides is 1. The summed E-state index contributed by atoms with van der Waals surface area (Å²) in [7, 11) is 0. The van der Waals surface area contributed by atoms with Crippen molar-refractivity contribution >= 4 is 22.6 Å². The maximum Gasteiger partial charge on any atom is 0.248 e. The Balaban J connectivity index is 1.79. The van der Waals surface area contributed by atoms with E-state index in [0.29, 0.717) is 22.7 Å². The molecule has 2 aromatic heterocycles. The van der Waals surface area contributed by atoms with Crippen molar-refractivity contribution in [3.63, 3.8) is 0 Å². The number of amidine groups is 1. The fraction of sp³-hybridized carbons (Fsp3) is 0.190. The van der Waals surface area contributed by atoms with Crippen LogP contribution in [0.5, 0.6) is 0 Å². The summed E-state index contributed by atoms with van der Waals surface area (Å²) in [6.07, 6.45) is 3.03. The van der Waals surface area contributed by atoms with Crippen molar-refractivity contribution in [3.05, 3.63) is 65.4 Å². The van der Waals surface area contributed by atoms with E-state index in [0.717, 1.165) is 22.0 Å². The maximum absolute atomic E-state index is 14.1. The number of aromatic amines is 1. The van der Waals surface area contributed by atoms with Crippen molar-refractivity contribution < 1.29 is 9.18 Å². The smallest absolute Gasteiger partial charge is 0.248 e. The summed E-state index contributed by atoms with van der Waals surface area (Å²) in [5.41, 5.74) is 8.94. The number of carbonyl (C=O) groups excluding carboxylic acids is 1. The normalized spacial score (nSPS) is 15.7. The first-order valence-corrected chi connectivity index (χ1v) is 8.88. The summed E-state index contributed by atoms with van der Waals surface area (Å²) in [5.74, 6) is -0.367. The quantitative estimate of drug-likeness (QED) is 0.612. The van der Waals surface area contributed by atoms with E-state index in [1.807, 2.05) is 39.0 Å². The second-order valence-electron chi connectivity index (χ2n) is 7.31. The monoisotopic (exact) mass is 377 g/mol. The number of nitrogens with two attached hydrogens (primary N) is 1. The van der Waals surface area contributed by atoms with Crippen LogP contribution in [0, 0.1) is 12.9 Å². The standard InChI is InChI=1S/C21H20FN5O/c1-11-14-9-12(20-25-10-15(19(23)28)21(2,3)27-20)6-7-16(14)26-17(11)13-5-4-8-24-18(13)22/h4-10,26H,1-3H3,(H2,23,28)(H,25,27). The van der Waals surface area contributed by atoms with Gasteiger partial charge in [0.1, 0.15) is 5.84 Å². The van der Waals surface area contributed by atoms with Crippen LogP contribution in [0.25, 0.3) is 22.2 Å². The molecular weight excluding hydrogens is 357 g/mol. The highest BCUT2D eigenvalue weighted by molar-refractivity contribution is 6.06. The molecule has 7 heteroatoms. The third-order valence-corrected chi connectivity index (χ3v) is 5.03. The summed E-state index contributed by atoms with van der Waals surface area (Å²) in [6.45, 7) is 5.62. The number of hydrogen-bond acceptors (Lipinski definition) is 4. The molecule has 1 aliphatic rings. The molecule has 0 fully saturated rings. The van der Waals surface area contributed by atoms with E-state index in [4.69, 9.17) is 5.73 Å². The highest BCUT2D eigenvalue weighted by atomic mass is 19.1. The van der Waals surface area contributed by atoms with E-state index >= 15 is 0 Å². The van der Waals surface area contributed by atoms with E-state index in [2.05, 4.69) is 20.3 Å². The second-order valence-corrected chi connectivity index (χ2v) is 7.31. The number of pyridine rings is 1. The van der Waals surface area contributed by atoms with Crippen LogP contribution in [-0.4, -0.2) is 27.2 Å². The van der Waals surface area contributed by atoms with Gasteiger partial charge in [-0.3, -0.25) is 9.79 Å². The SMILES string of the molecule is Cc1c(-c2cccnc2F)[nH]c2ccc(C3=NC(C)(C)C(C(N)=O)=CN3)cc12. The first-order valence-electron chi connectivity index (χ1n) is 8.88. The number of nitrogens with zero attached hydrogens (tertiary/aromatic N) is 2. The van der Waals surface area contributed by atoms with Gasteiger partial charge in [0, 0.05) is 28.9 Å². The van der Waals surface area contributed by atoms with Crippen molar-refractivity contribution in [2.24, 2.45) is 10.7 Å². The van der Waals surface area contributed by atoms with Crippen LogP contribution in [0.15, 0.2) is 53.3 Å². The van der Waals surface area contributed by atoms with Gasteiger partial charge in [0.25, 0.3) is 0 Å². The molecule has 4 N–H and O–H groups in total. The molecule has 1 aliphatic heterocycles. The first-order chi connectivity index (χ1) is 13.3. The van der Waals surface area contributed by atoms with Gasteiger partial charge in [-0.15, -0.1) is 0 Å². The number of fused-ring (bicyclic) bond motifs is 1. The number of carbonyl (C=O) groups is 1. The Hall–Kier alpha value is -3.48. The zero-order chi connectivity index (χ0) is 20.1. The van der Waals surface area contributed by atoms with Crippen LogP contribution in [0.3, 0.4) is 0 Å². The number of hydrogen-bond donors (Lipinski definition) is 3. The van der Waals surface area contributed by atoms with Crippen LogP contribution < -0.4 is 11.1 Å². The van der Waals surface area contributed by atoms with E-state index in [-0.39, 0.29) is 0 Å². The van der Waals surface area contributed by atoms with E-state index in [1.54, 1.807) is 18.3 Å². The van der Waals surface area contributed by atoms with Crippen LogP contribution in [-0.2, 0) is 4.79 Å². The van der Waals surface area contributed by atoms with Crippen molar-refractivity contribution in [2.45, 2.75) is 26.3 Å². The number of aromatic nitrogens is 2. The van der Waals surface area contributed by atoms with E-state index in [1.165, 1.54) is 6.20 Å². The number of aliphatic imine (C=N–C) groups is 1. The molecule has 0 bridgehead atoms. The average molecular weight is 377 g/mol. The number of benzene rings is 1. The van der Waals surface area contributed by atoms with Crippen molar-refractivity contribution in [1.29, 1.82) is 0 Å². The number of nitrogens with one attached hydrogen (secondary N) is 2. The summed E-state index contributed by atoms with van der Waals surface area (Å²) < 4.78 is 14.1. The second kappa shape index (κ2) is 6.30. The molecule has 0 unspecified atom stereocenters. The number of halogens is 1. The fourth-order valence-corrected chi connectivity index (χ4v) is 3.53. The van der Waals surface area contributed by atoms with Gasteiger partial charge in [0.05, 0.1) is 22.4 Å². The lowest BCUT2D eigenvalue weighted by Gasteiger charge is -2.27. The minimum atomic E-state index is -0.724. The topological polar surface area (TPSA) is 96.2 Å². The van der Waals surface area contributed by atoms with Crippen LogP contribution in [0.1, 0.15) is 25.0 Å². The van der Waals surface area contributed by atoms with Gasteiger partial charge in [-0.1, -0.05) is 0 Å². The Kier molecular flexibility index (Phi) is 4.03. The molecule has 142 valence electrons. The number of amides is 1. The van der Waals surface area contributed by atoms with Crippen LogP contribution >= 0.6 is 0 Å². The van der Waals surface area contributed by atoms with Crippen LogP contribution in [0.2, 0.25) is 0 Å². The zero-order valence-corrected chi connectivity index (χ0v) is 15.8. The molecule has 1 aromatic carbocycles. The Bertz CT molecular complexity index is 1170. The molecule has 3 aromatic rings. The summed E-state index contributed by atoms with van der Waals surface area (Å²) in [5, 5.41) is 4.02. The lowest BCUT2D eigenvalue weighted by molar-refractivity contribution is -0.115. The fourth-order valence-electron chi connectivity index (χ4n) is 3.53. The van der Waals surface area contributed by atoms with Gasteiger partial charge in [-0.2, -0.15) is 4.39 Å².